The van der Waals surface area contributed by atoms with Crippen molar-refractivity contribution in [3.8, 4) is 22.8 Å². The first-order valence-electron chi connectivity index (χ1n) is 19.1. The molecule has 4 aliphatic heterocycles. The van der Waals surface area contributed by atoms with E-state index in [9.17, 15) is 9.18 Å². The average molecular weight is 729 g/mol. The second-order valence-electron chi connectivity index (χ2n) is 16.3. The zero-order valence-electron chi connectivity index (χ0n) is 31.4. The third-order valence-corrected chi connectivity index (χ3v) is 11.6. The molecule has 4 fully saturated rings. The van der Waals surface area contributed by atoms with Crippen LogP contribution < -0.4 is 14.4 Å². The van der Waals surface area contributed by atoms with Gasteiger partial charge in [0.15, 0.2) is 6.79 Å². The Hall–Kier alpha value is -4.22. The number of anilines is 1. The molecule has 0 radical (unpaired) electrons. The van der Waals surface area contributed by atoms with E-state index < -0.39 is 11.8 Å². The summed E-state index contributed by atoms with van der Waals surface area (Å²) in [5, 5.41) is 2.66. The summed E-state index contributed by atoms with van der Waals surface area (Å²) in [6.07, 6.45) is 3.63. The minimum Gasteiger partial charge on any atom is -0.476 e. The van der Waals surface area contributed by atoms with E-state index in [0.29, 0.717) is 56.3 Å². The van der Waals surface area contributed by atoms with Crippen molar-refractivity contribution in [2.45, 2.75) is 95.6 Å². The number of hydrogen-bond donors (Lipinski definition) is 0. The molecule has 4 atom stereocenters. The molecule has 0 spiro atoms. The van der Waals surface area contributed by atoms with Gasteiger partial charge in [-0.25, -0.2) is 18.6 Å². The fourth-order valence-corrected chi connectivity index (χ4v) is 9.33. The molecule has 4 saturated heterocycles. The van der Waals surface area contributed by atoms with E-state index in [1.807, 2.05) is 56.9 Å². The van der Waals surface area contributed by atoms with E-state index in [2.05, 4.69) is 21.9 Å². The van der Waals surface area contributed by atoms with Crippen LogP contribution in [0.15, 0.2) is 48.5 Å². The van der Waals surface area contributed by atoms with Crippen LogP contribution in [-0.2, 0) is 15.9 Å². The van der Waals surface area contributed by atoms with Gasteiger partial charge in [-0.3, -0.25) is 9.80 Å². The fourth-order valence-electron chi connectivity index (χ4n) is 9.33. The quantitative estimate of drug-likeness (QED) is 0.160. The second-order valence-corrected chi connectivity index (χ2v) is 16.3. The summed E-state index contributed by atoms with van der Waals surface area (Å²) in [5.74, 6) is 0.860. The minimum atomic E-state index is -0.852. The van der Waals surface area contributed by atoms with Crippen LogP contribution in [0.25, 0.3) is 32.8 Å². The van der Waals surface area contributed by atoms with Crippen molar-refractivity contribution in [2.24, 2.45) is 0 Å². The van der Waals surface area contributed by atoms with Gasteiger partial charge in [-0.15, -0.1) is 0 Å². The Labute approximate surface area is 310 Å². The van der Waals surface area contributed by atoms with Gasteiger partial charge in [0, 0.05) is 44.6 Å². The predicted octanol–water partition coefficient (Wildman–Crippen LogP) is 8.28. The lowest BCUT2D eigenvalue weighted by Crippen LogP contribution is -2.56. The van der Waals surface area contributed by atoms with Gasteiger partial charge in [0.25, 0.3) is 0 Å². The van der Waals surface area contributed by atoms with Crippen LogP contribution in [-0.4, -0.2) is 97.0 Å². The summed E-state index contributed by atoms with van der Waals surface area (Å²) in [7, 11) is 1.58. The van der Waals surface area contributed by atoms with E-state index >= 15 is 4.39 Å². The molecule has 0 aliphatic carbocycles. The summed E-state index contributed by atoms with van der Waals surface area (Å²) >= 11 is 0. The lowest BCUT2D eigenvalue weighted by atomic mass is 9.92. The topological polar surface area (TPSA) is 76.6 Å². The number of ether oxygens (including phenoxy) is 4. The highest BCUT2D eigenvalue weighted by atomic mass is 19.1. The molecule has 4 aliphatic rings. The SMILES string of the molecule is CCc1c(F)ccc2cc(OCOC)cc(-c3ccc4c(N5C[C@H]6CC[C@@H](C5)N6C(=O)OC(C)(C)C)cc(OC[C@@]56CCCN5C[C@H](F)C6)nc4c3)c12. The first-order chi connectivity index (χ1) is 25.4. The monoisotopic (exact) mass is 728 g/mol. The van der Waals surface area contributed by atoms with Crippen LogP contribution in [0.3, 0.4) is 0 Å². The summed E-state index contributed by atoms with van der Waals surface area (Å²) in [5.41, 5.74) is 3.17. The molecule has 3 aromatic carbocycles. The number of carbonyl (C=O) groups excluding carboxylic acids is 1. The Morgan fingerprint density at radius 1 is 1.02 bits per heavy atom. The van der Waals surface area contributed by atoms with Crippen LogP contribution in [0.1, 0.15) is 65.4 Å². The van der Waals surface area contributed by atoms with Gasteiger partial charge in [0.2, 0.25) is 5.88 Å². The molecule has 9 nitrogen and oxygen atoms in total. The second kappa shape index (κ2) is 13.9. The number of alkyl halides is 1. The van der Waals surface area contributed by atoms with Gasteiger partial charge in [-0.2, -0.15) is 0 Å². The molecule has 53 heavy (non-hydrogen) atoms. The standard InChI is InChI=1S/C42H50F2N4O5/c1-6-32-35(44)13-9-27-16-31(52-25-50-5)18-34(39(27)32)26-8-12-33-36(17-26)45-38(51-24-42-14-7-15-47(42)21-28(43)20-42)19-37(33)46-22-29-10-11-30(23-46)48(29)40(49)53-41(2,3)4/h8-9,12-13,16-19,28-30H,6-7,10-11,14-15,20-25H2,1-5H3/t28-,29-,30+,42+/m1/s1. The van der Waals surface area contributed by atoms with E-state index in [4.69, 9.17) is 23.9 Å². The van der Waals surface area contributed by atoms with Crippen molar-refractivity contribution >= 4 is 33.5 Å². The molecular weight excluding hydrogens is 678 g/mol. The number of halogens is 2. The summed E-state index contributed by atoms with van der Waals surface area (Å²) in [6.45, 7) is 10.8. The maximum atomic E-state index is 15.3. The highest BCUT2D eigenvalue weighted by Gasteiger charge is 2.49. The van der Waals surface area contributed by atoms with Crippen molar-refractivity contribution in [2.75, 3.05) is 51.6 Å². The summed E-state index contributed by atoms with van der Waals surface area (Å²) < 4.78 is 53.5. The molecule has 282 valence electrons. The molecule has 0 unspecified atom stereocenters. The third kappa shape index (κ3) is 6.75. The molecule has 1 aromatic heterocycles. The molecule has 11 heteroatoms. The van der Waals surface area contributed by atoms with Gasteiger partial charge < -0.3 is 23.8 Å². The number of aromatic nitrogens is 1. The van der Waals surface area contributed by atoms with Gasteiger partial charge >= 0.3 is 6.09 Å². The van der Waals surface area contributed by atoms with E-state index in [-0.39, 0.29) is 36.3 Å². The molecule has 4 aromatic rings. The van der Waals surface area contributed by atoms with Crippen LogP contribution >= 0.6 is 0 Å². The first kappa shape index (κ1) is 35.8. The predicted molar refractivity (Wildman–Crippen MR) is 202 cm³/mol. The number of aryl methyl sites for hydroxylation is 1. The van der Waals surface area contributed by atoms with Crippen molar-refractivity contribution < 1.29 is 32.5 Å². The number of piperazine rings is 1. The number of hydrogen-bond acceptors (Lipinski definition) is 8. The van der Waals surface area contributed by atoms with Crippen LogP contribution in [0.2, 0.25) is 0 Å². The molecular formula is C42H50F2N4O5. The summed E-state index contributed by atoms with van der Waals surface area (Å²) in [6, 6.07) is 15.4. The third-order valence-electron chi connectivity index (χ3n) is 11.6. The maximum absolute atomic E-state index is 15.3. The Kier molecular flexibility index (Phi) is 9.38. The minimum absolute atomic E-state index is 0.0185. The van der Waals surface area contributed by atoms with Crippen molar-refractivity contribution in [3.63, 3.8) is 0 Å². The molecule has 0 N–H and O–H groups in total. The van der Waals surface area contributed by atoms with Gasteiger partial charge in [-0.05, 0) is 111 Å². The van der Waals surface area contributed by atoms with E-state index in [1.165, 1.54) is 6.07 Å². The van der Waals surface area contributed by atoms with E-state index in [1.54, 1.807) is 13.2 Å². The van der Waals surface area contributed by atoms with Gasteiger partial charge in [0.05, 0.1) is 28.8 Å². The van der Waals surface area contributed by atoms with Crippen molar-refractivity contribution in [1.29, 1.82) is 0 Å². The van der Waals surface area contributed by atoms with E-state index in [0.717, 1.165) is 70.7 Å². The van der Waals surface area contributed by atoms with Gasteiger partial charge in [-0.1, -0.05) is 25.1 Å². The molecule has 8 rings (SSSR count). The lowest BCUT2D eigenvalue weighted by Gasteiger charge is -2.42. The molecule has 0 saturated carbocycles. The number of benzene rings is 3. The Morgan fingerprint density at radius 2 is 1.81 bits per heavy atom. The maximum Gasteiger partial charge on any atom is 0.410 e. The average Bonchev–Trinajstić information content (AvgIpc) is 3.74. The van der Waals surface area contributed by atoms with Crippen LogP contribution in [0.5, 0.6) is 11.6 Å². The smallest absolute Gasteiger partial charge is 0.410 e. The number of methoxy groups -OCH3 is 1. The Balaban J connectivity index is 1.21. The molecule has 5 heterocycles. The van der Waals surface area contributed by atoms with Crippen molar-refractivity contribution in [3.05, 3.63) is 59.9 Å². The van der Waals surface area contributed by atoms with Crippen LogP contribution in [0.4, 0.5) is 19.3 Å². The number of carbonyl (C=O) groups is 1. The highest BCUT2D eigenvalue weighted by molar-refractivity contribution is 6.03. The molecule has 2 bridgehead atoms. The number of amides is 1. The number of nitrogens with zero attached hydrogens (tertiary/aromatic N) is 4. The first-order valence-corrected chi connectivity index (χ1v) is 19.1. The van der Waals surface area contributed by atoms with Gasteiger partial charge in [0.1, 0.15) is 29.9 Å². The lowest BCUT2D eigenvalue weighted by molar-refractivity contribution is 0.0123. The normalized spacial score (nSPS) is 24.3. The summed E-state index contributed by atoms with van der Waals surface area (Å²) in [4.78, 5) is 24.9. The molecule has 1 amide bonds. The number of fused-ring (bicyclic) bond motifs is 5. The Morgan fingerprint density at radius 3 is 2.55 bits per heavy atom. The Bertz CT molecular complexity index is 2020. The highest BCUT2D eigenvalue weighted by Crippen LogP contribution is 2.43. The number of rotatable bonds is 9. The van der Waals surface area contributed by atoms with Crippen LogP contribution in [0, 0.1) is 5.82 Å². The fraction of sp³-hybridized carbons (Fsp3) is 0.524. The number of pyridine rings is 1. The zero-order valence-corrected chi connectivity index (χ0v) is 31.4. The van der Waals surface area contributed by atoms with Crippen molar-refractivity contribution in [1.82, 2.24) is 14.8 Å². The largest absolute Gasteiger partial charge is 0.476 e. The zero-order chi connectivity index (χ0) is 37.1.